The molecule has 1 aromatic rings. The maximum atomic E-state index is 13.1. The molecule has 0 radical (unpaired) electrons. The molecule has 7 heteroatoms. The van der Waals surface area contributed by atoms with Crippen LogP contribution in [0.15, 0.2) is 24.3 Å². The summed E-state index contributed by atoms with van der Waals surface area (Å²) in [6, 6.07) is 4.38. The average Bonchev–Trinajstić information content (AvgIpc) is 2.51. The Morgan fingerprint density at radius 1 is 1.17 bits per heavy atom. The molecule has 0 aliphatic rings. The van der Waals surface area contributed by atoms with Crippen molar-refractivity contribution in [1.29, 1.82) is 0 Å². The molecule has 0 spiro atoms. The van der Waals surface area contributed by atoms with Gasteiger partial charge >= 0.3 is 12.2 Å². The minimum atomic E-state index is -4.42. The van der Waals surface area contributed by atoms with Crippen LogP contribution in [0.1, 0.15) is 50.7 Å². The van der Waals surface area contributed by atoms with Gasteiger partial charge in [-0.05, 0) is 38.3 Å². The molecule has 1 aromatic carbocycles. The Morgan fingerprint density at radius 3 is 2.38 bits per heavy atom. The fraction of sp³-hybridized carbons (Fsp3) is 0.588. The lowest BCUT2D eigenvalue weighted by Gasteiger charge is -2.25. The highest BCUT2D eigenvalue weighted by Gasteiger charge is 2.35. The maximum absolute atomic E-state index is 13.1. The van der Waals surface area contributed by atoms with Crippen LogP contribution in [-0.4, -0.2) is 29.8 Å². The standard InChI is InChI=1S/C17H25F3N2O2/c1-11(7-6-10-23)21-16(24)22-13(3)12(2)14-8-4-5-9-15(14)17(18,19)20/h4-5,8-9,11-13,23H,6-7,10H2,1-3H3,(H2,21,22,24). The lowest BCUT2D eigenvalue weighted by Crippen LogP contribution is -2.46. The number of halogens is 3. The number of carbonyl (C=O) groups excluding carboxylic acids is 1. The van der Waals surface area contributed by atoms with Gasteiger partial charge in [0.15, 0.2) is 0 Å². The van der Waals surface area contributed by atoms with Crippen LogP contribution < -0.4 is 10.6 Å². The number of hydrogen-bond donors (Lipinski definition) is 3. The van der Waals surface area contributed by atoms with Crippen LogP contribution in [0.25, 0.3) is 0 Å². The van der Waals surface area contributed by atoms with E-state index in [1.54, 1.807) is 19.9 Å². The topological polar surface area (TPSA) is 61.4 Å². The van der Waals surface area contributed by atoms with Gasteiger partial charge in [0, 0.05) is 24.6 Å². The Bertz CT molecular complexity index is 535. The Kier molecular flexibility index (Phi) is 7.54. The minimum absolute atomic E-state index is 0.0509. The number of carbonyl (C=O) groups is 1. The van der Waals surface area contributed by atoms with Crippen molar-refractivity contribution < 1.29 is 23.1 Å². The van der Waals surface area contributed by atoms with Crippen molar-refractivity contribution in [3.8, 4) is 0 Å². The summed E-state index contributed by atoms with van der Waals surface area (Å²) in [5.74, 6) is -0.499. The number of nitrogens with one attached hydrogen (secondary N) is 2. The van der Waals surface area contributed by atoms with Gasteiger partial charge in [0.1, 0.15) is 0 Å². The van der Waals surface area contributed by atoms with E-state index in [4.69, 9.17) is 5.11 Å². The van der Waals surface area contributed by atoms with Crippen molar-refractivity contribution >= 4 is 6.03 Å². The number of aliphatic hydroxyl groups excluding tert-OH is 1. The highest BCUT2D eigenvalue weighted by molar-refractivity contribution is 5.74. The van der Waals surface area contributed by atoms with Gasteiger partial charge in [-0.2, -0.15) is 13.2 Å². The van der Waals surface area contributed by atoms with Crippen LogP contribution in [-0.2, 0) is 6.18 Å². The smallest absolute Gasteiger partial charge is 0.396 e. The van der Waals surface area contributed by atoms with E-state index in [0.717, 1.165) is 6.07 Å². The number of amides is 2. The molecule has 0 aliphatic heterocycles. The van der Waals surface area contributed by atoms with Gasteiger partial charge in [-0.15, -0.1) is 0 Å². The zero-order valence-electron chi connectivity index (χ0n) is 14.2. The molecule has 0 aromatic heterocycles. The second kappa shape index (κ2) is 8.92. The van der Waals surface area contributed by atoms with Crippen LogP contribution >= 0.6 is 0 Å². The molecule has 0 heterocycles. The van der Waals surface area contributed by atoms with E-state index in [0.29, 0.717) is 12.8 Å². The Balaban J connectivity index is 2.72. The third-order valence-electron chi connectivity index (χ3n) is 4.04. The van der Waals surface area contributed by atoms with E-state index >= 15 is 0 Å². The zero-order chi connectivity index (χ0) is 18.3. The fourth-order valence-corrected chi connectivity index (χ4v) is 2.49. The molecule has 4 nitrogen and oxygen atoms in total. The second-order valence-corrected chi connectivity index (χ2v) is 6.05. The number of aliphatic hydroxyl groups is 1. The van der Waals surface area contributed by atoms with Crippen molar-refractivity contribution in [3.63, 3.8) is 0 Å². The third kappa shape index (κ3) is 6.03. The molecule has 3 unspecified atom stereocenters. The van der Waals surface area contributed by atoms with Crippen molar-refractivity contribution in [2.45, 2.75) is 57.8 Å². The molecule has 0 saturated heterocycles. The van der Waals surface area contributed by atoms with E-state index in [9.17, 15) is 18.0 Å². The largest absolute Gasteiger partial charge is 0.416 e. The van der Waals surface area contributed by atoms with Crippen molar-refractivity contribution in [2.24, 2.45) is 0 Å². The first kappa shape index (κ1) is 20.3. The highest BCUT2D eigenvalue weighted by Crippen LogP contribution is 2.35. The number of hydrogen-bond acceptors (Lipinski definition) is 2. The molecule has 0 bridgehead atoms. The summed E-state index contributed by atoms with van der Waals surface area (Å²) >= 11 is 0. The zero-order valence-corrected chi connectivity index (χ0v) is 14.2. The molecule has 24 heavy (non-hydrogen) atoms. The first-order chi connectivity index (χ1) is 11.2. The maximum Gasteiger partial charge on any atom is 0.416 e. The number of benzene rings is 1. The molecular formula is C17H25F3N2O2. The van der Waals surface area contributed by atoms with Gasteiger partial charge < -0.3 is 15.7 Å². The lowest BCUT2D eigenvalue weighted by atomic mass is 9.90. The predicted octanol–water partition coefficient (Wildman–Crippen LogP) is 3.66. The summed E-state index contributed by atoms with van der Waals surface area (Å²) in [6.07, 6.45) is -3.22. The molecule has 3 atom stereocenters. The quantitative estimate of drug-likeness (QED) is 0.706. The minimum Gasteiger partial charge on any atom is -0.396 e. The van der Waals surface area contributed by atoms with Gasteiger partial charge in [-0.3, -0.25) is 0 Å². The lowest BCUT2D eigenvalue weighted by molar-refractivity contribution is -0.138. The van der Waals surface area contributed by atoms with E-state index in [-0.39, 0.29) is 18.2 Å². The van der Waals surface area contributed by atoms with E-state index in [1.807, 2.05) is 6.92 Å². The summed E-state index contributed by atoms with van der Waals surface area (Å²) in [5.41, 5.74) is -0.519. The highest BCUT2D eigenvalue weighted by atomic mass is 19.4. The second-order valence-electron chi connectivity index (χ2n) is 6.05. The van der Waals surface area contributed by atoms with E-state index < -0.39 is 29.7 Å². The van der Waals surface area contributed by atoms with Crippen LogP contribution in [0.3, 0.4) is 0 Å². The van der Waals surface area contributed by atoms with Crippen molar-refractivity contribution in [2.75, 3.05) is 6.61 Å². The first-order valence-electron chi connectivity index (χ1n) is 8.00. The predicted molar refractivity (Wildman–Crippen MR) is 86.8 cm³/mol. The van der Waals surface area contributed by atoms with Crippen LogP contribution in [0, 0.1) is 0 Å². The molecule has 0 aliphatic carbocycles. The van der Waals surface area contributed by atoms with Gasteiger partial charge in [0.2, 0.25) is 0 Å². The molecule has 2 amide bonds. The van der Waals surface area contributed by atoms with Crippen LogP contribution in [0.4, 0.5) is 18.0 Å². The van der Waals surface area contributed by atoms with Gasteiger partial charge in [-0.25, -0.2) is 4.79 Å². The number of alkyl halides is 3. The summed E-state index contributed by atoms with van der Waals surface area (Å²) in [4.78, 5) is 11.9. The average molecular weight is 346 g/mol. The van der Waals surface area contributed by atoms with Gasteiger partial charge in [0.25, 0.3) is 0 Å². The Labute approximate surface area is 140 Å². The molecule has 3 N–H and O–H groups in total. The third-order valence-corrected chi connectivity index (χ3v) is 4.04. The Hall–Kier alpha value is -1.76. The van der Waals surface area contributed by atoms with Crippen molar-refractivity contribution in [3.05, 3.63) is 35.4 Å². The fourth-order valence-electron chi connectivity index (χ4n) is 2.49. The van der Waals surface area contributed by atoms with Gasteiger partial charge in [0.05, 0.1) is 5.56 Å². The van der Waals surface area contributed by atoms with Crippen LogP contribution in [0.5, 0.6) is 0 Å². The molecule has 136 valence electrons. The molecular weight excluding hydrogens is 321 g/mol. The summed E-state index contributed by atoms with van der Waals surface area (Å²) in [5, 5.41) is 14.2. The van der Waals surface area contributed by atoms with Crippen molar-refractivity contribution in [1.82, 2.24) is 10.6 Å². The molecule has 0 fully saturated rings. The first-order valence-corrected chi connectivity index (χ1v) is 8.00. The molecule has 0 saturated carbocycles. The summed E-state index contributed by atoms with van der Waals surface area (Å²) in [7, 11) is 0. The monoisotopic (exact) mass is 346 g/mol. The van der Waals surface area contributed by atoms with E-state index in [1.165, 1.54) is 12.1 Å². The summed E-state index contributed by atoms with van der Waals surface area (Å²) < 4.78 is 39.3. The summed E-state index contributed by atoms with van der Waals surface area (Å²) in [6.45, 7) is 5.19. The molecule has 1 rings (SSSR count). The number of urea groups is 1. The number of rotatable bonds is 7. The van der Waals surface area contributed by atoms with Crippen LogP contribution in [0.2, 0.25) is 0 Å². The van der Waals surface area contributed by atoms with Gasteiger partial charge in [-0.1, -0.05) is 25.1 Å². The Morgan fingerprint density at radius 2 is 1.79 bits per heavy atom. The van der Waals surface area contributed by atoms with E-state index in [2.05, 4.69) is 10.6 Å². The normalized spacial score (nSPS) is 15.5. The SMILES string of the molecule is CC(CCCO)NC(=O)NC(C)C(C)c1ccccc1C(F)(F)F.